The van der Waals surface area contributed by atoms with Crippen molar-refractivity contribution >= 4 is 27.5 Å². The van der Waals surface area contributed by atoms with Crippen molar-refractivity contribution in [3.63, 3.8) is 0 Å². The second-order valence-electron chi connectivity index (χ2n) is 10.2. The van der Waals surface area contributed by atoms with Gasteiger partial charge in [-0.05, 0) is 84.5 Å². The number of aromatic nitrogens is 2. The van der Waals surface area contributed by atoms with Crippen LogP contribution < -0.4 is 10.5 Å². The number of rotatable bonds is 10. The van der Waals surface area contributed by atoms with Gasteiger partial charge in [-0.2, -0.15) is 9.49 Å². The standard InChI is InChI=1S/C31H28F3N3O4S/c1-18-11-20-13-22(14-21(20)15-23(18)17-42(39,40)10-4-9-32)30(38)25-16-36-37(31(25)35)27-8-7-24(12-19(27)2)41-28-6-3-5-26(33)29(28)34/h3,5-8,11-13,15-16H,4,9-10,14,17,35H2,1-2H3. The molecule has 1 aromatic heterocycles. The average molecular weight is 596 g/mol. The Morgan fingerprint density at radius 2 is 1.88 bits per heavy atom. The maximum Gasteiger partial charge on any atom is 0.201 e. The fraction of sp³-hybridized carbons (Fsp3) is 0.226. The van der Waals surface area contributed by atoms with E-state index in [9.17, 15) is 26.4 Å². The fourth-order valence-corrected chi connectivity index (χ4v) is 6.44. The van der Waals surface area contributed by atoms with Crippen molar-refractivity contribution in [1.29, 1.82) is 0 Å². The number of allylic oxidation sites excluding steroid dienone is 1. The molecule has 42 heavy (non-hydrogen) atoms. The van der Waals surface area contributed by atoms with Crippen LogP contribution in [0.5, 0.6) is 11.5 Å². The van der Waals surface area contributed by atoms with Crippen molar-refractivity contribution in [2.75, 3.05) is 18.2 Å². The highest BCUT2D eigenvalue weighted by molar-refractivity contribution is 7.90. The number of sulfone groups is 1. The molecule has 0 aliphatic heterocycles. The highest BCUT2D eigenvalue weighted by Gasteiger charge is 2.26. The van der Waals surface area contributed by atoms with Crippen molar-refractivity contribution in [2.45, 2.75) is 32.4 Å². The first-order valence-corrected chi connectivity index (χ1v) is 15.0. The normalized spacial score (nSPS) is 12.7. The Hall–Kier alpha value is -4.38. The number of nitrogens with zero attached hydrogens (tertiary/aromatic N) is 2. The van der Waals surface area contributed by atoms with Gasteiger partial charge >= 0.3 is 0 Å². The van der Waals surface area contributed by atoms with Gasteiger partial charge in [0.2, 0.25) is 5.82 Å². The summed E-state index contributed by atoms with van der Waals surface area (Å²) < 4.78 is 71.7. The Bertz CT molecular complexity index is 1850. The van der Waals surface area contributed by atoms with Crippen LogP contribution in [-0.2, 0) is 22.0 Å². The Balaban J connectivity index is 1.34. The SMILES string of the molecule is Cc1cc2c(cc1CS(=O)(=O)CCCF)CC(C(=O)c1cnn(-c3ccc(Oc4cccc(F)c4F)cc3C)c1N)=C2. The number of fused-ring (bicyclic) bond motifs is 1. The number of carbonyl (C=O) groups is 1. The zero-order valence-corrected chi connectivity index (χ0v) is 23.8. The molecule has 0 atom stereocenters. The number of hydrogen-bond donors (Lipinski definition) is 1. The van der Waals surface area contributed by atoms with Crippen molar-refractivity contribution in [3.05, 3.63) is 105 Å². The predicted octanol–water partition coefficient (Wildman–Crippen LogP) is 6.24. The minimum atomic E-state index is -3.46. The molecule has 3 aromatic carbocycles. The molecule has 1 heterocycles. The van der Waals surface area contributed by atoms with Crippen LogP contribution in [0.2, 0.25) is 0 Å². The van der Waals surface area contributed by atoms with Gasteiger partial charge in [-0.3, -0.25) is 9.18 Å². The van der Waals surface area contributed by atoms with Crippen LogP contribution in [0.4, 0.5) is 19.0 Å². The Morgan fingerprint density at radius 3 is 2.62 bits per heavy atom. The maximum atomic E-state index is 14.0. The number of alkyl halides is 1. The summed E-state index contributed by atoms with van der Waals surface area (Å²) in [7, 11) is -3.46. The second kappa shape index (κ2) is 11.5. The van der Waals surface area contributed by atoms with Gasteiger partial charge in [-0.1, -0.05) is 18.2 Å². The van der Waals surface area contributed by atoms with Crippen LogP contribution in [0.15, 0.2) is 60.3 Å². The molecule has 1 aliphatic rings. The van der Waals surface area contributed by atoms with E-state index in [1.54, 1.807) is 37.3 Å². The van der Waals surface area contributed by atoms with E-state index in [4.69, 9.17) is 10.5 Å². The summed E-state index contributed by atoms with van der Waals surface area (Å²) in [6.07, 6.45) is 3.43. The van der Waals surface area contributed by atoms with Crippen LogP contribution in [0.3, 0.4) is 0 Å². The number of ketones is 1. The van der Waals surface area contributed by atoms with E-state index in [1.165, 1.54) is 23.0 Å². The largest absolute Gasteiger partial charge is 0.454 e. The van der Waals surface area contributed by atoms with E-state index >= 15 is 0 Å². The first-order valence-electron chi connectivity index (χ1n) is 13.2. The summed E-state index contributed by atoms with van der Waals surface area (Å²) in [5.74, 6) is -2.66. The summed E-state index contributed by atoms with van der Waals surface area (Å²) >= 11 is 0. The lowest BCUT2D eigenvalue weighted by Crippen LogP contribution is -2.11. The summed E-state index contributed by atoms with van der Waals surface area (Å²) in [6.45, 7) is 2.89. The van der Waals surface area contributed by atoms with Gasteiger partial charge in [-0.15, -0.1) is 0 Å². The predicted molar refractivity (Wildman–Crippen MR) is 154 cm³/mol. The van der Waals surface area contributed by atoms with Gasteiger partial charge in [0, 0.05) is 12.0 Å². The number of ether oxygens (including phenoxy) is 1. The van der Waals surface area contributed by atoms with Crippen molar-refractivity contribution < 1.29 is 31.1 Å². The molecule has 4 aromatic rings. The molecular formula is C31H28F3N3O4S. The second-order valence-corrected chi connectivity index (χ2v) is 12.4. The number of carbonyl (C=O) groups excluding carboxylic acids is 1. The quantitative estimate of drug-likeness (QED) is 0.218. The lowest BCUT2D eigenvalue weighted by atomic mass is 10.0. The molecule has 11 heteroatoms. The molecule has 0 bridgehead atoms. The smallest absolute Gasteiger partial charge is 0.201 e. The summed E-state index contributed by atoms with van der Waals surface area (Å²) in [5, 5.41) is 4.32. The number of hydrogen-bond acceptors (Lipinski definition) is 6. The van der Waals surface area contributed by atoms with Crippen LogP contribution in [0, 0.1) is 25.5 Å². The first kappa shape index (κ1) is 29.1. The topological polar surface area (TPSA) is 104 Å². The molecule has 2 N–H and O–H groups in total. The molecule has 0 radical (unpaired) electrons. The van der Waals surface area contributed by atoms with E-state index in [2.05, 4.69) is 5.10 Å². The van der Waals surface area contributed by atoms with Crippen molar-refractivity contribution in [2.24, 2.45) is 0 Å². The van der Waals surface area contributed by atoms with Gasteiger partial charge in [-0.25, -0.2) is 17.5 Å². The minimum absolute atomic E-state index is 0.0338. The van der Waals surface area contributed by atoms with Gasteiger partial charge in [0.15, 0.2) is 27.2 Å². The Kier molecular flexibility index (Phi) is 7.96. The number of Topliss-reactive ketones (excluding diaryl/α,β-unsaturated/α-hetero) is 1. The number of halogens is 3. The van der Waals surface area contributed by atoms with Crippen LogP contribution >= 0.6 is 0 Å². The molecule has 0 spiro atoms. The van der Waals surface area contributed by atoms with E-state index < -0.39 is 28.1 Å². The molecule has 1 aliphatic carbocycles. The minimum Gasteiger partial charge on any atom is -0.454 e. The Morgan fingerprint density at radius 1 is 1.10 bits per heavy atom. The first-order chi connectivity index (χ1) is 20.0. The summed E-state index contributed by atoms with van der Waals surface area (Å²) in [4.78, 5) is 13.5. The highest BCUT2D eigenvalue weighted by Crippen LogP contribution is 2.33. The maximum absolute atomic E-state index is 14.0. The molecule has 0 saturated heterocycles. The van der Waals surface area contributed by atoms with Crippen molar-refractivity contribution in [3.8, 4) is 17.2 Å². The molecule has 218 valence electrons. The lowest BCUT2D eigenvalue weighted by molar-refractivity contribution is 0.103. The zero-order chi connectivity index (χ0) is 30.2. The number of nitrogens with two attached hydrogens (primary N) is 1. The average Bonchev–Trinajstić information content (AvgIpc) is 3.53. The molecule has 0 amide bonds. The zero-order valence-electron chi connectivity index (χ0n) is 23.0. The van der Waals surface area contributed by atoms with Gasteiger partial charge < -0.3 is 10.5 Å². The number of nitrogen functional groups attached to an aromatic ring is 1. The fourth-order valence-electron chi connectivity index (χ4n) is 4.96. The van der Waals surface area contributed by atoms with Gasteiger partial charge in [0.25, 0.3) is 0 Å². The number of benzene rings is 3. The molecular weight excluding hydrogens is 567 g/mol. The van der Waals surface area contributed by atoms with Gasteiger partial charge in [0.1, 0.15) is 11.6 Å². The molecule has 0 saturated carbocycles. The molecule has 7 nitrogen and oxygen atoms in total. The number of aryl methyl sites for hydroxylation is 2. The third kappa shape index (κ3) is 5.82. The van der Waals surface area contributed by atoms with E-state index in [1.807, 2.05) is 13.0 Å². The van der Waals surface area contributed by atoms with Crippen molar-refractivity contribution in [1.82, 2.24) is 9.78 Å². The molecule has 0 fully saturated rings. The lowest BCUT2D eigenvalue weighted by Gasteiger charge is -2.12. The van der Waals surface area contributed by atoms with Crippen LogP contribution in [-0.4, -0.2) is 36.4 Å². The van der Waals surface area contributed by atoms with Crippen LogP contribution in [0.1, 0.15) is 44.6 Å². The number of anilines is 1. The third-order valence-electron chi connectivity index (χ3n) is 7.16. The third-order valence-corrected chi connectivity index (χ3v) is 8.82. The van der Waals surface area contributed by atoms with E-state index in [0.717, 1.165) is 22.8 Å². The van der Waals surface area contributed by atoms with E-state index in [-0.39, 0.29) is 46.6 Å². The monoisotopic (exact) mass is 595 g/mol. The molecule has 5 rings (SSSR count). The highest BCUT2D eigenvalue weighted by atomic mass is 32.2. The van der Waals surface area contributed by atoms with E-state index in [0.29, 0.717) is 28.8 Å². The molecule has 0 unspecified atom stereocenters. The van der Waals surface area contributed by atoms with Gasteiger partial charge in [0.05, 0.1) is 35.6 Å². The summed E-state index contributed by atoms with van der Waals surface area (Å²) in [5.41, 5.74) is 11.4. The Labute approximate surface area is 241 Å². The van der Waals surface area contributed by atoms with Crippen LogP contribution in [0.25, 0.3) is 11.8 Å². The summed E-state index contributed by atoms with van der Waals surface area (Å²) in [6, 6.07) is 12.1.